The van der Waals surface area contributed by atoms with Crippen LogP contribution in [-0.2, 0) is 6.54 Å². The highest BCUT2D eigenvalue weighted by molar-refractivity contribution is 6.35. The number of rotatable bonds is 3. The molecule has 6 heteroatoms. The summed E-state index contributed by atoms with van der Waals surface area (Å²) in [5.74, 6) is 0. The molecule has 1 aromatic carbocycles. The number of nitrogens with zero attached hydrogens (tertiary/aromatic N) is 3. The van der Waals surface area contributed by atoms with Crippen LogP contribution in [0.15, 0.2) is 30.9 Å². The SMILES string of the molecule is Clc1ccc(CNn2cncn2)c(Cl)c1. The van der Waals surface area contributed by atoms with Crippen LogP contribution in [0.5, 0.6) is 0 Å². The van der Waals surface area contributed by atoms with Gasteiger partial charge in [-0.05, 0) is 17.7 Å². The van der Waals surface area contributed by atoms with Gasteiger partial charge < -0.3 is 5.43 Å². The van der Waals surface area contributed by atoms with E-state index in [0.717, 1.165) is 5.56 Å². The third-order valence-electron chi connectivity index (χ3n) is 1.87. The van der Waals surface area contributed by atoms with E-state index < -0.39 is 0 Å². The van der Waals surface area contributed by atoms with Gasteiger partial charge in [-0.25, -0.2) is 4.98 Å². The molecule has 0 saturated heterocycles. The topological polar surface area (TPSA) is 42.7 Å². The zero-order valence-corrected chi connectivity index (χ0v) is 9.20. The minimum atomic E-state index is 0.569. The van der Waals surface area contributed by atoms with Crippen LogP contribution < -0.4 is 5.43 Å². The Balaban J connectivity index is 2.05. The number of hydrogen-bond acceptors (Lipinski definition) is 3. The van der Waals surface area contributed by atoms with Gasteiger partial charge in [0.2, 0.25) is 0 Å². The molecule has 0 amide bonds. The highest BCUT2D eigenvalue weighted by Crippen LogP contribution is 2.20. The summed E-state index contributed by atoms with van der Waals surface area (Å²) >= 11 is 11.8. The molecule has 2 rings (SSSR count). The number of hydrogen-bond donors (Lipinski definition) is 1. The minimum absolute atomic E-state index is 0.569. The van der Waals surface area contributed by atoms with Crippen molar-refractivity contribution in [2.45, 2.75) is 6.54 Å². The van der Waals surface area contributed by atoms with Crippen LogP contribution >= 0.6 is 23.2 Å². The van der Waals surface area contributed by atoms with E-state index in [1.165, 1.54) is 11.1 Å². The predicted octanol–water partition coefficient (Wildman–Crippen LogP) is 2.33. The molecule has 78 valence electrons. The van der Waals surface area contributed by atoms with Gasteiger partial charge in [0.25, 0.3) is 0 Å². The van der Waals surface area contributed by atoms with E-state index in [-0.39, 0.29) is 0 Å². The molecule has 15 heavy (non-hydrogen) atoms. The normalized spacial score (nSPS) is 10.3. The molecule has 0 saturated carbocycles. The van der Waals surface area contributed by atoms with E-state index in [2.05, 4.69) is 15.5 Å². The van der Waals surface area contributed by atoms with Gasteiger partial charge in [-0.3, -0.25) is 0 Å². The van der Waals surface area contributed by atoms with Crippen LogP contribution in [-0.4, -0.2) is 14.9 Å². The Labute approximate surface area is 96.8 Å². The monoisotopic (exact) mass is 242 g/mol. The average Bonchev–Trinajstić information content (AvgIpc) is 2.69. The van der Waals surface area contributed by atoms with Crippen molar-refractivity contribution in [3.05, 3.63) is 46.5 Å². The first-order valence-corrected chi connectivity index (χ1v) is 5.04. The summed E-state index contributed by atoms with van der Waals surface area (Å²) in [7, 11) is 0. The van der Waals surface area contributed by atoms with E-state index >= 15 is 0 Å². The van der Waals surface area contributed by atoms with Crippen LogP contribution in [0.3, 0.4) is 0 Å². The lowest BCUT2D eigenvalue weighted by Gasteiger charge is -2.07. The van der Waals surface area contributed by atoms with Crippen LogP contribution in [0.1, 0.15) is 5.56 Å². The van der Waals surface area contributed by atoms with Crippen LogP contribution in [0.2, 0.25) is 10.0 Å². The van der Waals surface area contributed by atoms with Crippen molar-refractivity contribution in [2.75, 3.05) is 5.43 Å². The Morgan fingerprint density at radius 2 is 2.20 bits per heavy atom. The van der Waals surface area contributed by atoms with Gasteiger partial charge >= 0.3 is 0 Å². The Hall–Kier alpha value is -1.26. The number of benzene rings is 1. The molecular formula is C9H8Cl2N4. The lowest BCUT2D eigenvalue weighted by atomic mass is 10.2. The average molecular weight is 243 g/mol. The van der Waals surface area contributed by atoms with Crippen molar-refractivity contribution in [2.24, 2.45) is 0 Å². The summed E-state index contributed by atoms with van der Waals surface area (Å²) in [5, 5.41) is 5.17. The Morgan fingerprint density at radius 1 is 1.33 bits per heavy atom. The van der Waals surface area contributed by atoms with Crippen molar-refractivity contribution in [3.8, 4) is 0 Å². The third kappa shape index (κ3) is 2.61. The van der Waals surface area contributed by atoms with Gasteiger partial charge in [-0.15, -0.1) is 5.10 Å². The Kier molecular flexibility index (Phi) is 3.08. The Bertz CT molecular complexity index is 441. The molecule has 0 aliphatic rings. The van der Waals surface area contributed by atoms with Crippen LogP contribution in [0, 0.1) is 0 Å². The van der Waals surface area contributed by atoms with Crippen LogP contribution in [0.25, 0.3) is 0 Å². The maximum atomic E-state index is 6.00. The highest BCUT2D eigenvalue weighted by atomic mass is 35.5. The number of aromatic nitrogens is 3. The largest absolute Gasteiger partial charge is 0.304 e. The molecule has 0 radical (unpaired) electrons. The minimum Gasteiger partial charge on any atom is -0.304 e. The van der Waals surface area contributed by atoms with Gasteiger partial charge in [0, 0.05) is 10.0 Å². The second-order valence-corrected chi connectivity index (χ2v) is 3.75. The maximum Gasteiger partial charge on any atom is 0.139 e. The lowest BCUT2D eigenvalue weighted by Crippen LogP contribution is -2.14. The van der Waals surface area contributed by atoms with Crippen molar-refractivity contribution in [1.82, 2.24) is 14.9 Å². The second kappa shape index (κ2) is 4.51. The second-order valence-electron chi connectivity index (χ2n) is 2.91. The molecule has 0 bridgehead atoms. The first-order valence-electron chi connectivity index (χ1n) is 4.28. The molecule has 2 aromatic rings. The summed E-state index contributed by atoms with van der Waals surface area (Å²) in [4.78, 5) is 5.33. The van der Waals surface area contributed by atoms with Gasteiger partial charge in [0.05, 0.1) is 6.54 Å². The maximum absolute atomic E-state index is 6.00. The fourth-order valence-corrected chi connectivity index (χ4v) is 1.60. The molecule has 0 aliphatic heterocycles. The van der Waals surface area contributed by atoms with Crippen molar-refractivity contribution >= 4 is 23.2 Å². The molecule has 1 aromatic heterocycles. The molecular weight excluding hydrogens is 235 g/mol. The smallest absolute Gasteiger partial charge is 0.139 e. The van der Waals surface area contributed by atoms with E-state index in [0.29, 0.717) is 16.6 Å². The summed E-state index contributed by atoms with van der Waals surface area (Å²) in [5.41, 5.74) is 3.97. The predicted molar refractivity (Wildman–Crippen MR) is 59.5 cm³/mol. The quantitative estimate of drug-likeness (QED) is 0.899. The van der Waals surface area contributed by atoms with E-state index in [9.17, 15) is 0 Å². The third-order valence-corrected chi connectivity index (χ3v) is 2.45. The Morgan fingerprint density at radius 3 is 2.87 bits per heavy atom. The first kappa shape index (κ1) is 10.3. The summed E-state index contributed by atoms with van der Waals surface area (Å²) < 4.78 is 0. The molecule has 0 aliphatic carbocycles. The van der Waals surface area contributed by atoms with Crippen molar-refractivity contribution in [1.29, 1.82) is 0 Å². The zero-order chi connectivity index (χ0) is 10.7. The molecule has 1 N–H and O–H groups in total. The van der Waals surface area contributed by atoms with E-state index in [1.54, 1.807) is 18.5 Å². The molecule has 4 nitrogen and oxygen atoms in total. The van der Waals surface area contributed by atoms with Gasteiger partial charge in [0.15, 0.2) is 0 Å². The lowest BCUT2D eigenvalue weighted by molar-refractivity contribution is 0.730. The molecule has 1 heterocycles. The summed E-state index contributed by atoms with van der Waals surface area (Å²) in [6.07, 6.45) is 3.03. The first-order chi connectivity index (χ1) is 7.25. The van der Waals surface area contributed by atoms with Crippen molar-refractivity contribution < 1.29 is 0 Å². The number of halogens is 2. The molecule has 0 unspecified atom stereocenters. The summed E-state index contributed by atoms with van der Waals surface area (Å²) in [6, 6.07) is 5.38. The summed E-state index contributed by atoms with van der Waals surface area (Å²) in [6.45, 7) is 0.569. The molecule has 0 fully saturated rings. The molecule has 0 atom stereocenters. The van der Waals surface area contributed by atoms with Gasteiger partial charge in [-0.2, -0.15) is 4.79 Å². The fraction of sp³-hybridized carbons (Fsp3) is 0.111. The van der Waals surface area contributed by atoms with E-state index in [4.69, 9.17) is 23.2 Å². The number of nitrogens with one attached hydrogen (secondary N) is 1. The zero-order valence-electron chi connectivity index (χ0n) is 7.69. The van der Waals surface area contributed by atoms with Crippen LogP contribution in [0.4, 0.5) is 0 Å². The standard InChI is InChI=1S/C9H8Cl2N4/c10-8-2-1-7(9(11)3-8)4-13-15-6-12-5-14-15/h1-3,5-6,13H,4H2. The molecule has 0 spiro atoms. The van der Waals surface area contributed by atoms with Gasteiger partial charge in [0.1, 0.15) is 12.7 Å². The van der Waals surface area contributed by atoms with Crippen molar-refractivity contribution in [3.63, 3.8) is 0 Å². The highest BCUT2D eigenvalue weighted by Gasteiger charge is 2.00. The van der Waals surface area contributed by atoms with E-state index in [1.807, 2.05) is 6.07 Å². The van der Waals surface area contributed by atoms with Gasteiger partial charge in [-0.1, -0.05) is 29.3 Å². The fourth-order valence-electron chi connectivity index (χ4n) is 1.12.